The van der Waals surface area contributed by atoms with E-state index in [-0.39, 0.29) is 0 Å². The highest BCUT2D eigenvalue weighted by Gasteiger charge is 2.26. The fourth-order valence-electron chi connectivity index (χ4n) is 1.81. The van der Waals surface area contributed by atoms with E-state index in [0.717, 1.165) is 12.8 Å². The summed E-state index contributed by atoms with van der Waals surface area (Å²) < 4.78 is 35.2. The summed E-state index contributed by atoms with van der Waals surface area (Å²) in [5.41, 5.74) is 0. The van der Waals surface area contributed by atoms with Crippen LogP contribution in [0.2, 0.25) is 0 Å². The Kier molecular flexibility index (Phi) is 4.03. The zero-order chi connectivity index (χ0) is 9.73. The van der Waals surface area contributed by atoms with E-state index in [9.17, 15) is 13.2 Å². The molecular formula is C9H16F3N. The highest BCUT2D eigenvalue weighted by molar-refractivity contribution is 4.68. The van der Waals surface area contributed by atoms with E-state index in [2.05, 4.69) is 5.32 Å². The molecule has 1 fully saturated rings. The van der Waals surface area contributed by atoms with Crippen molar-refractivity contribution in [1.82, 2.24) is 5.32 Å². The predicted octanol–water partition coefficient (Wildman–Crippen LogP) is 2.72. The van der Waals surface area contributed by atoms with Gasteiger partial charge in [0.1, 0.15) is 0 Å². The summed E-state index contributed by atoms with van der Waals surface area (Å²) in [7, 11) is 0. The highest BCUT2D eigenvalue weighted by Crippen LogP contribution is 2.23. The normalized spacial score (nSPS) is 20.5. The van der Waals surface area contributed by atoms with Crippen LogP contribution in [0.15, 0.2) is 0 Å². The van der Waals surface area contributed by atoms with Crippen LogP contribution < -0.4 is 5.32 Å². The second-order valence-corrected chi connectivity index (χ2v) is 3.75. The van der Waals surface area contributed by atoms with Gasteiger partial charge in [-0.3, -0.25) is 0 Å². The third kappa shape index (κ3) is 5.13. The van der Waals surface area contributed by atoms with E-state index >= 15 is 0 Å². The van der Waals surface area contributed by atoms with Gasteiger partial charge < -0.3 is 5.32 Å². The Balaban J connectivity index is 2.04. The van der Waals surface area contributed by atoms with Crippen LogP contribution in [0.4, 0.5) is 13.2 Å². The molecule has 1 rings (SSSR count). The lowest BCUT2D eigenvalue weighted by molar-refractivity contribution is -0.125. The summed E-state index contributed by atoms with van der Waals surface area (Å²) in [5, 5.41) is 2.47. The molecule has 0 aromatic rings. The second-order valence-electron chi connectivity index (χ2n) is 3.75. The Morgan fingerprint density at radius 3 is 2.23 bits per heavy atom. The Morgan fingerprint density at radius 2 is 1.69 bits per heavy atom. The van der Waals surface area contributed by atoms with Crippen molar-refractivity contribution in [3.63, 3.8) is 0 Å². The molecule has 0 saturated heterocycles. The molecule has 1 aliphatic rings. The molecule has 0 amide bonds. The minimum atomic E-state index is -4.06. The molecule has 1 nitrogen and oxygen atoms in total. The van der Waals surface area contributed by atoms with Gasteiger partial charge in [0.05, 0.1) is 6.54 Å². The average molecular weight is 195 g/mol. The molecule has 78 valence electrons. The zero-order valence-electron chi connectivity index (χ0n) is 7.66. The van der Waals surface area contributed by atoms with Crippen molar-refractivity contribution in [2.24, 2.45) is 5.92 Å². The molecule has 4 heteroatoms. The first-order chi connectivity index (χ1) is 6.08. The molecule has 1 N–H and O–H groups in total. The molecular weight excluding hydrogens is 179 g/mol. The summed E-state index contributed by atoms with van der Waals surface area (Å²) in [6.45, 7) is -0.316. The van der Waals surface area contributed by atoms with Crippen LogP contribution in [0.1, 0.15) is 32.1 Å². The maximum atomic E-state index is 11.7. The molecule has 0 heterocycles. The third-order valence-corrected chi connectivity index (χ3v) is 2.48. The van der Waals surface area contributed by atoms with Gasteiger partial charge in [-0.05, 0) is 25.3 Å². The summed E-state index contributed by atoms with van der Waals surface area (Å²) in [4.78, 5) is 0. The van der Waals surface area contributed by atoms with Gasteiger partial charge >= 0.3 is 6.18 Å². The minimum Gasteiger partial charge on any atom is -0.308 e. The van der Waals surface area contributed by atoms with Crippen LogP contribution >= 0.6 is 0 Å². The van der Waals surface area contributed by atoms with Crippen molar-refractivity contribution in [3.8, 4) is 0 Å². The van der Waals surface area contributed by atoms with E-state index in [1.165, 1.54) is 19.3 Å². The highest BCUT2D eigenvalue weighted by atomic mass is 19.4. The number of hydrogen-bond acceptors (Lipinski definition) is 1. The van der Waals surface area contributed by atoms with Crippen molar-refractivity contribution in [3.05, 3.63) is 0 Å². The topological polar surface area (TPSA) is 12.0 Å². The van der Waals surface area contributed by atoms with Crippen molar-refractivity contribution in [2.45, 2.75) is 38.3 Å². The third-order valence-electron chi connectivity index (χ3n) is 2.48. The van der Waals surface area contributed by atoms with Crippen molar-refractivity contribution < 1.29 is 13.2 Å². The molecule has 0 bridgehead atoms. The molecule has 0 atom stereocenters. The van der Waals surface area contributed by atoms with Gasteiger partial charge in [0.2, 0.25) is 0 Å². The van der Waals surface area contributed by atoms with E-state index in [1.54, 1.807) is 0 Å². The fourth-order valence-corrected chi connectivity index (χ4v) is 1.81. The van der Waals surface area contributed by atoms with Gasteiger partial charge in [0.15, 0.2) is 0 Å². The molecule has 1 aliphatic carbocycles. The van der Waals surface area contributed by atoms with Crippen molar-refractivity contribution in [2.75, 3.05) is 13.1 Å². The SMILES string of the molecule is FC(F)(F)CNCC1CCCCC1. The first-order valence-electron chi connectivity index (χ1n) is 4.85. The lowest BCUT2D eigenvalue weighted by Crippen LogP contribution is -2.33. The van der Waals surface area contributed by atoms with Crippen molar-refractivity contribution >= 4 is 0 Å². The van der Waals surface area contributed by atoms with Crippen LogP contribution in [-0.2, 0) is 0 Å². The monoisotopic (exact) mass is 195 g/mol. The van der Waals surface area contributed by atoms with Crippen molar-refractivity contribution in [1.29, 1.82) is 0 Å². The van der Waals surface area contributed by atoms with Gasteiger partial charge in [0.25, 0.3) is 0 Å². The quantitative estimate of drug-likeness (QED) is 0.730. The van der Waals surface area contributed by atoms with E-state index < -0.39 is 12.7 Å². The van der Waals surface area contributed by atoms with Crippen LogP contribution in [0.25, 0.3) is 0 Å². The average Bonchev–Trinajstić information content (AvgIpc) is 2.04. The maximum absolute atomic E-state index is 11.7. The van der Waals surface area contributed by atoms with Gasteiger partial charge in [-0.25, -0.2) is 0 Å². The van der Waals surface area contributed by atoms with Crippen LogP contribution in [-0.4, -0.2) is 19.3 Å². The Morgan fingerprint density at radius 1 is 1.08 bits per heavy atom. The Labute approximate surface area is 76.7 Å². The summed E-state index contributed by atoms with van der Waals surface area (Å²) in [5.74, 6) is 0.469. The lowest BCUT2D eigenvalue weighted by Gasteiger charge is -2.22. The van der Waals surface area contributed by atoms with Gasteiger partial charge in [0, 0.05) is 0 Å². The number of nitrogens with one attached hydrogen (secondary N) is 1. The largest absolute Gasteiger partial charge is 0.401 e. The summed E-state index contributed by atoms with van der Waals surface area (Å²) >= 11 is 0. The number of halogens is 3. The molecule has 0 unspecified atom stereocenters. The van der Waals surface area contributed by atoms with Crippen LogP contribution in [0.5, 0.6) is 0 Å². The Bertz CT molecular complexity index is 138. The second kappa shape index (κ2) is 4.84. The lowest BCUT2D eigenvalue weighted by atomic mass is 9.89. The summed E-state index contributed by atoms with van der Waals surface area (Å²) in [6.07, 6.45) is 1.72. The van der Waals surface area contributed by atoms with E-state index in [4.69, 9.17) is 0 Å². The molecule has 0 radical (unpaired) electrons. The van der Waals surface area contributed by atoms with Crippen LogP contribution in [0, 0.1) is 5.92 Å². The maximum Gasteiger partial charge on any atom is 0.401 e. The molecule has 13 heavy (non-hydrogen) atoms. The van der Waals surface area contributed by atoms with Gasteiger partial charge in [-0.1, -0.05) is 19.3 Å². The first kappa shape index (κ1) is 10.8. The van der Waals surface area contributed by atoms with E-state index in [1.807, 2.05) is 0 Å². The number of hydrogen-bond donors (Lipinski definition) is 1. The molecule has 1 saturated carbocycles. The Hall–Kier alpha value is -0.250. The minimum absolute atomic E-state index is 0.469. The van der Waals surface area contributed by atoms with Crippen LogP contribution in [0.3, 0.4) is 0 Å². The van der Waals surface area contributed by atoms with E-state index in [0.29, 0.717) is 12.5 Å². The number of rotatable bonds is 3. The fraction of sp³-hybridized carbons (Fsp3) is 1.00. The number of alkyl halides is 3. The smallest absolute Gasteiger partial charge is 0.308 e. The predicted molar refractivity (Wildman–Crippen MR) is 45.5 cm³/mol. The summed E-state index contributed by atoms with van der Waals surface area (Å²) in [6, 6.07) is 0. The van der Waals surface area contributed by atoms with Gasteiger partial charge in [-0.15, -0.1) is 0 Å². The molecule has 0 aromatic carbocycles. The van der Waals surface area contributed by atoms with Gasteiger partial charge in [-0.2, -0.15) is 13.2 Å². The molecule has 0 aromatic heterocycles. The molecule has 0 spiro atoms. The first-order valence-corrected chi connectivity index (χ1v) is 4.85. The zero-order valence-corrected chi connectivity index (χ0v) is 7.66. The molecule has 0 aliphatic heterocycles. The standard InChI is InChI=1S/C9H16F3N/c10-9(11,12)7-13-6-8-4-2-1-3-5-8/h8,13H,1-7H2.